The largest absolute Gasteiger partial charge is 0.493 e. The lowest BCUT2D eigenvalue weighted by atomic mass is 10.2. The van der Waals surface area contributed by atoms with Gasteiger partial charge in [0.2, 0.25) is 0 Å². The Kier molecular flexibility index (Phi) is 7.72. The molecule has 1 aromatic carbocycles. The fraction of sp³-hybridized carbons (Fsp3) is 0.353. The zero-order valence-corrected chi connectivity index (χ0v) is 12.8. The minimum atomic E-state index is -0.319. The van der Waals surface area contributed by atoms with E-state index in [1.165, 1.54) is 6.08 Å². The molecular formula is C17H22O4. The number of carbonyl (C=O) groups excluding carboxylic acids is 1. The molecule has 0 fully saturated rings. The van der Waals surface area contributed by atoms with Crippen molar-refractivity contribution in [1.82, 2.24) is 0 Å². The molecule has 0 amide bonds. The van der Waals surface area contributed by atoms with Gasteiger partial charge in [0, 0.05) is 6.08 Å². The van der Waals surface area contributed by atoms with E-state index in [0.717, 1.165) is 18.4 Å². The van der Waals surface area contributed by atoms with Crippen LogP contribution in [0.3, 0.4) is 0 Å². The molecule has 0 unspecified atom stereocenters. The molecule has 0 heterocycles. The Morgan fingerprint density at radius 3 is 2.57 bits per heavy atom. The molecule has 0 bridgehead atoms. The Balaban J connectivity index is 2.55. The van der Waals surface area contributed by atoms with E-state index in [1.807, 2.05) is 24.3 Å². The van der Waals surface area contributed by atoms with Gasteiger partial charge in [0.15, 0.2) is 11.5 Å². The van der Waals surface area contributed by atoms with Gasteiger partial charge in [-0.1, -0.05) is 37.6 Å². The number of ether oxygens (including phenoxy) is 3. The maximum absolute atomic E-state index is 11.3. The van der Waals surface area contributed by atoms with Gasteiger partial charge in [-0.3, -0.25) is 0 Å². The number of hydrogen-bond donors (Lipinski definition) is 0. The lowest BCUT2D eigenvalue weighted by molar-refractivity contribution is -0.137. The zero-order chi connectivity index (χ0) is 15.5. The molecule has 0 aliphatic heterocycles. The number of unbranched alkanes of at least 4 members (excludes halogenated alkanes) is 1. The maximum atomic E-state index is 11.3. The average Bonchev–Trinajstić information content (AvgIpc) is 2.51. The van der Waals surface area contributed by atoms with E-state index in [9.17, 15) is 4.79 Å². The molecule has 0 atom stereocenters. The van der Waals surface area contributed by atoms with E-state index in [2.05, 4.69) is 6.92 Å². The third-order valence-corrected chi connectivity index (χ3v) is 2.78. The van der Waals surface area contributed by atoms with Crippen molar-refractivity contribution < 1.29 is 19.0 Å². The van der Waals surface area contributed by atoms with Crippen molar-refractivity contribution in [2.75, 3.05) is 20.8 Å². The average molecular weight is 290 g/mol. The van der Waals surface area contributed by atoms with Gasteiger partial charge in [0.1, 0.15) is 0 Å². The number of esters is 1. The highest BCUT2D eigenvalue weighted by molar-refractivity contribution is 5.82. The molecule has 0 radical (unpaired) electrons. The summed E-state index contributed by atoms with van der Waals surface area (Å²) in [6.45, 7) is 2.52. The molecule has 0 aromatic heterocycles. The summed E-state index contributed by atoms with van der Waals surface area (Å²) >= 11 is 0. The molecule has 114 valence electrons. The molecule has 0 aliphatic carbocycles. The zero-order valence-electron chi connectivity index (χ0n) is 12.8. The number of rotatable bonds is 8. The predicted octanol–water partition coefficient (Wildman–Crippen LogP) is 3.62. The molecule has 1 aromatic rings. The summed E-state index contributed by atoms with van der Waals surface area (Å²) in [5, 5.41) is 0. The van der Waals surface area contributed by atoms with Crippen LogP contribution in [-0.2, 0) is 9.53 Å². The Morgan fingerprint density at radius 1 is 1.14 bits per heavy atom. The summed E-state index contributed by atoms with van der Waals surface area (Å²) in [7, 11) is 3.19. The summed E-state index contributed by atoms with van der Waals surface area (Å²) in [6.07, 6.45) is 8.62. The number of allylic oxidation sites excluding steroid dienone is 2. The Morgan fingerprint density at radius 2 is 1.90 bits per heavy atom. The first-order valence-electron chi connectivity index (χ1n) is 6.94. The quantitative estimate of drug-likeness (QED) is 0.317. The Labute approximate surface area is 126 Å². The van der Waals surface area contributed by atoms with Crippen LogP contribution in [0.25, 0.3) is 6.08 Å². The van der Waals surface area contributed by atoms with Gasteiger partial charge in [0.25, 0.3) is 0 Å². The minimum Gasteiger partial charge on any atom is -0.493 e. The highest BCUT2D eigenvalue weighted by Crippen LogP contribution is 2.27. The van der Waals surface area contributed by atoms with Crippen molar-refractivity contribution in [1.29, 1.82) is 0 Å². The predicted molar refractivity (Wildman–Crippen MR) is 83.6 cm³/mol. The molecule has 1 rings (SSSR count). The van der Waals surface area contributed by atoms with Crippen molar-refractivity contribution in [2.24, 2.45) is 0 Å². The summed E-state index contributed by atoms with van der Waals surface area (Å²) in [5.74, 6) is 1.03. The second kappa shape index (κ2) is 9.64. The van der Waals surface area contributed by atoms with Crippen molar-refractivity contribution >= 4 is 12.0 Å². The molecule has 0 saturated heterocycles. The minimum absolute atomic E-state index is 0.319. The molecule has 21 heavy (non-hydrogen) atoms. The SMILES string of the molecule is CCCCOC(=O)C=CC=Cc1ccc(OC)c(OC)c1. The fourth-order valence-corrected chi connectivity index (χ4v) is 1.62. The monoisotopic (exact) mass is 290 g/mol. The molecule has 4 nitrogen and oxygen atoms in total. The fourth-order valence-electron chi connectivity index (χ4n) is 1.62. The van der Waals surface area contributed by atoms with Crippen LogP contribution in [0.5, 0.6) is 11.5 Å². The second-order valence-electron chi connectivity index (χ2n) is 4.35. The van der Waals surface area contributed by atoms with Crippen LogP contribution in [0.4, 0.5) is 0 Å². The standard InChI is InChI=1S/C17H22O4/c1-4-5-12-21-17(18)9-7-6-8-14-10-11-15(19-2)16(13-14)20-3/h6-11,13H,4-5,12H2,1-3H3. The van der Waals surface area contributed by atoms with Crippen molar-refractivity contribution in [2.45, 2.75) is 19.8 Å². The van der Waals surface area contributed by atoms with E-state index in [-0.39, 0.29) is 5.97 Å². The lowest BCUT2D eigenvalue weighted by Crippen LogP contribution is -2.01. The van der Waals surface area contributed by atoms with E-state index >= 15 is 0 Å². The molecule has 0 spiro atoms. The van der Waals surface area contributed by atoms with Gasteiger partial charge in [0.05, 0.1) is 20.8 Å². The van der Waals surface area contributed by atoms with Crippen LogP contribution >= 0.6 is 0 Å². The molecule has 0 aliphatic rings. The van der Waals surface area contributed by atoms with Crippen molar-refractivity contribution in [3.63, 3.8) is 0 Å². The summed E-state index contributed by atoms with van der Waals surface area (Å²) in [5.41, 5.74) is 0.955. The van der Waals surface area contributed by atoms with Gasteiger partial charge in [-0.15, -0.1) is 0 Å². The summed E-state index contributed by atoms with van der Waals surface area (Å²) in [4.78, 5) is 11.3. The first-order valence-corrected chi connectivity index (χ1v) is 6.94. The number of carbonyl (C=O) groups is 1. The molecule has 0 saturated carbocycles. The van der Waals surface area contributed by atoms with Crippen molar-refractivity contribution in [3.05, 3.63) is 42.0 Å². The smallest absolute Gasteiger partial charge is 0.330 e. The number of hydrogen-bond acceptors (Lipinski definition) is 4. The van der Waals surface area contributed by atoms with Crippen LogP contribution in [0, 0.1) is 0 Å². The van der Waals surface area contributed by atoms with E-state index in [0.29, 0.717) is 18.1 Å². The molecular weight excluding hydrogens is 268 g/mol. The lowest BCUT2D eigenvalue weighted by Gasteiger charge is -2.07. The van der Waals surface area contributed by atoms with Crippen LogP contribution in [0.15, 0.2) is 36.4 Å². The second-order valence-corrected chi connectivity index (χ2v) is 4.35. The highest BCUT2D eigenvalue weighted by Gasteiger charge is 2.02. The topological polar surface area (TPSA) is 44.8 Å². The Hall–Kier alpha value is -2.23. The van der Waals surface area contributed by atoms with Gasteiger partial charge in [-0.25, -0.2) is 4.79 Å². The van der Waals surface area contributed by atoms with Crippen LogP contribution in [0.1, 0.15) is 25.3 Å². The number of methoxy groups -OCH3 is 2. The van der Waals surface area contributed by atoms with Crippen LogP contribution in [-0.4, -0.2) is 26.8 Å². The first-order chi connectivity index (χ1) is 10.2. The van der Waals surface area contributed by atoms with Crippen LogP contribution < -0.4 is 9.47 Å². The van der Waals surface area contributed by atoms with Gasteiger partial charge >= 0.3 is 5.97 Å². The maximum Gasteiger partial charge on any atom is 0.330 e. The highest BCUT2D eigenvalue weighted by atomic mass is 16.5. The van der Waals surface area contributed by atoms with Gasteiger partial charge in [-0.2, -0.15) is 0 Å². The third-order valence-electron chi connectivity index (χ3n) is 2.78. The Bertz CT molecular complexity index is 504. The molecule has 4 heteroatoms. The van der Waals surface area contributed by atoms with E-state index < -0.39 is 0 Å². The first kappa shape index (κ1) is 16.8. The normalized spacial score (nSPS) is 11.0. The third kappa shape index (κ3) is 6.17. The van der Waals surface area contributed by atoms with E-state index in [1.54, 1.807) is 26.4 Å². The van der Waals surface area contributed by atoms with Gasteiger partial charge < -0.3 is 14.2 Å². The summed E-state index contributed by atoms with van der Waals surface area (Å²) < 4.78 is 15.4. The summed E-state index contributed by atoms with van der Waals surface area (Å²) in [6, 6.07) is 5.61. The molecule has 0 N–H and O–H groups in total. The van der Waals surface area contributed by atoms with Crippen molar-refractivity contribution in [3.8, 4) is 11.5 Å². The van der Waals surface area contributed by atoms with Gasteiger partial charge in [-0.05, 0) is 24.1 Å². The van der Waals surface area contributed by atoms with Crippen LogP contribution in [0.2, 0.25) is 0 Å². The van der Waals surface area contributed by atoms with E-state index in [4.69, 9.17) is 14.2 Å². The number of benzene rings is 1.